The van der Waals surface area contributed by atoms with Crippen LogP contribution in [0.25, 0.3) is 76.4 Å². The molecule has 0 saturated carbocycles. The molecular weight excluding hydrogens is 617 g/mol. The summed E-state index contributed by atoms with van der Waals surface area (Å²) in [6, 6.07) is 57.6. The number of fused-ring (bicyclic) bond motifs is 11. The molecule has 0 aliphatic rings. The van der Waals surface area contributed by atoms with E-state index in [2.05, 4.69) is 91.0 Å². The first-order valence-corrected chi connectivity index (χ1v) is 18.2. The lowest BCUT2D eigenvalue weighted by Gasteiger charge is -2.21. The fourth-order valence-corrected chi connectivity index (χ4v) is 10.3. The van der Waals surface area contributed by atoms with Crippen LogP contribution in [0.5, 0.6) is 0 Å². The number of pyridine rings is 1. The summed E-state index contributed by atoms with van der Waals surface area (Å²) in [7, 11) is -3.21. The third-order valence-corrected chi connectivity index (χ3v) is 12.9. The number of aromatic nitrogens is 1. The summed E-state index contributed by atoms with van der Waals surface area (Å²) < 4.78 is 22.3. The SMILES string of the molecule is O=P(c1ccccc1)(c1ccccc1)c1cccc(-c2nc3ccccc3c3c4oc5cc6ccccc6cc5c4c4ccccc4c23)c1. The van der Waals surface area contributed by atoms with Crippen LogP contribution in [0.4, 0.5) is 0 Å². The molecule has 0 radical (unpaired) electrons. The molecule has 0 aliphatic carbocycles. The van der Waals surface area contributed by atoms with Gasteiger partial charge in [-0.2, -0.15) is 0 Å². The Hall–Kier alpha value is -6.02. The highest BCUT2D eigenvalue weighted by Gasteiger charge is 2.30. The number of rotatable bonds is 4. The summed E-state index contributed by atoms with van der Waals surface area (Å²) in [5.74, 6) is 0. The Morgan fingerprint density at radius 3 is 1.73 bits per heavy atom. The van der Waals surface area contributed by atoms with Crippen molar-refractivity contribution in [3.8, 4) is 11.3 Å². The topological polar surface area (TPSA) is 43.1 Å². The van der Waals surface area contributed by atoms with Crippen molar-refractivity contribution in [1.29, 1.82) is 0 Å². The molecule has 8 aromatic carbocycles. The highest BCUT2D eigenvalue weighted by Crippen LogP contribution is 2.48. The first kappa shape index (κ1) is 28.0. The summed E-state index contributed by atoms with van der Waals surface area (Å²) in [5.41, 5.74) is 4.35. The summed E-state index contributed by atoms with van der Waals surface area (Å²) in [6.45, 7) is 0. The van der Waals surface area contributed by atoms with Crippen LogP contribution in [0.15, 0.2) is 174 Å². The minimum absolute atomic E-state index is 0.770. The van der Waals surface area contributed by atoms with Gasteiger partial charge in [0.25, 0.3) is 0 Å². The fraction of sp³-hybridized carbons (Fsp3) is 0. The van der Waals surface area contributed by atoms with Crippen molar-refractivity contribution in [3.05, 3.63) is 170 Å². The van der Waals surface area contributed by atoms with Crippen molar-refractivity contribution in [1.82, 2.24) is 4.98 Å². The van der Waals surface area contributed by atoms with Gasteiger partial charge < -0.3 is 8.98 Å². The molecule has 0 aliphatic heterocycles. The lowest BCUT2D eigenvalue weighted by molar-refractivity contribution is 0.592. The van der Waals surface area contributed by atoms with Gasteiger partial charge in [0.2, 0.25) is 0 Å². The maximum atomic E-state index is 15.4. The van der Waals surface area contributed by atoms with E-state index >= 15 is 4.57 Å². The lowest BCUT2D eigenvalue weighted by atomic mass is 9.92. The number of furan rings is 1. The molecule has 0 atom stereocenters. The predicted octanol–water partition coefficient (Wildman–Crippen LogP) is 10.9. The van der Waals surface area contributed by atoms with Crippen LogP contribution in [-0.4, -0.2) is 4.98 Å². The molecule has 10 aromatic rings. The average Bonchev–Trinajstić information content (AvgIpc) is 3.55. The molecule has 230 valence electrons. The third kappa shape index (κ3) is 4.16. The molecule has 0 amide bonds. The smallest absolute Gasteiger partial charge is 0.171 e. The van der Waals surface area contributed by atoms with Crippen molar-refractivity contribution in [2.45, 2.75) is 0 Å². The Morgan fingerprint density at radius 2 is 1.02 bits per heavy atom. The Labute approximate surface area is 282 Å². The molecule has 0 unspecified atom stereocenters. The van der Waals surface area contributed by atoms with Crippen molar-refractivity contribution < 1.29 is 8.98 Å². The van der Waals surface area contributed by atoms with Gasteiger partial charge in [0.1, 0.15) is 11.2 Å². The molecule has 2 aromatic heterocycles. The van der Waals surface area contributed by atoms with Gasteiger partial charge in [0.05, 0.1) is 11.2 Å². The van der Waals surface area contributed by atoms with Gasteiger partial charge >= 0.3 is 0 Å². The lowest BCUT2D eigenvalue weighted by Crippen LogP contribution is -2.25. The zero-order valence-corrected chi connectivity index (χ0v) is 27.3. The van der Waals surface area contributed by atoms with Crippen LogP contribution in [0.2, 0.25) is 0 Å². The molecule has 0 spiro atoms. The van der Waals surface area contributed by atoms with Gasteiger partial charge in [-0.1, -0.05) is 146 Å². The van der Waals surface area contributed by atoms with Gasteiger partial charge in [-0.3, -0.25) is 0 Å². The quantitative estimate of drug-likeness (QED) is 0.141. The zero-order chi connectivity index (χ0) is 32.5. The molecule has 0 bridgehead atoms. The van der Waals surface area contributed by atoms with E-state index < -0.39 is 7.14 Å². The zero-order valence-electron chi connectivity index (χ0n) is 26.4. The normalized spacial score (nSPS) is 12.2. The van der Waals surface area contributed by atoms with Gasteiger partial charge in [-0.05, 0) is 45.8 Å². The molecule has 2 heterocycles. The molecule has 49 heavy (non-hydrogen) atoms. The second-order valence-electron chi connectivity index (χ2n) is 12.6. The van der Waals surface area contributed by atoms with E-state index in [9.17, 15) is 0 Å². The van der Waals surface area contributed by atoms with E-state index in [1.54, 1.807) is 0 Å². The Balaban J connectivity index is 1.34. The molecule has 10 rings (SSSR count). The monoisotopic (exact) mass is 645 g/mol. The van der Waals surface area contributed by atoms with Crippen molar-refractivity contribution in [2.24, 2.45) is 0 Å². The summed E-state index contributed by atoms with van der Waals surface area (Å²) in [4.78, 5) is 5.37. The maximum Gasteiger partial charge on any atom is 0.171 e. The van der Waals surface area contributed by atoms with Gasteiger partial charge in [-0.25, -0.2) is 4.98 Å². The Kier molecular flexibility index (Phi) is 6.15. The van der Waals surface area contributed by atoms with Crippen molar-refractivity contribution in [2.75, 3.05) is 0 Å². The first-order valence-electron chi connectivity index (χ1n) is 16.5. The molecule has 0 saturated heterocycles. The van der Waals surface area contributed by atoms with Crippen molar-refractivity contribution in [3.63, 3.8) is 0 Å². The summed E-state index contributed by atoms with van der Waals surface area (Å²) in [6.07, 6.45) is 0. The van der Waals surface area contributed by atoms with E-state index in [0.29, 0.717) is 0 Å². The molecule has 0 fully saturated rings. The first-order chi connectivity index (χ1) is 24.2. The third-order valence-electron chi connectivity index (χ3n) is 9.86. The van der Waals surface area contributed by atoms with Crippen LogP contribution in [0.3, 0.4) is 0 Å². The predicted molar refractivity (Wildman–Crippen MR) is 206 cm³/mol. The number of hydrogen-bond acceptors (Lipinski definition) is 3. The fourth-order valence-electron chi connectivity index (χ4n) is 7.64. The largest absolute Gasteiger partial charge is 0.455 e. The van der Waals surface area contributed by atoms with Gasteiger partial charge in [-0.15, -0.1) is 0 Å². The molecule has 4 heteroatoms. The van der Waals surface area contributed by atoms with Gasteiger partial charge in [0, 0.05) is 48.4 Å². The Bertz CT molecular complexity index is 2920. The average molecular weight is 646 g/mol. The minimum Gasteiger partial charge on any atom is -0.455 e. The van der Waals surface area contributed by atoms with E-state index in [-0.39, 0.29) is 0 Å². The standard InChI is InChI=1S/C45H28NO2P/c47-49(32-17-3-1-4-18-32,33-19-5-2-6-20-33)34-21-13-16-31(26-34)44-42-36-23-10-9-22-35(36)41-38-27-29-14-7-8-15-30(29)28-40(38)48-45(41)43(42)37-24-11-12-25-39(37)46-44/h1-28H. The van der Waals surface area contributed by atoms with Gasteiger partial charge in [0.15, 0.2) is 7.14 Å². The number of benzene rings is 8. The molecule has 0 N–H and O–H groups in total. The number of hydrogen-bond donors (Lipinski definition) is 0. The van der Waals surface area contributed by atoms with Crippen LogP contribution < -0.4 is 15.9 Å². The van der Waals surface area contributed by atoms with E-state index in [1.807, 2.05) is 78.9 Å². The number of nitrogens with zero attached hydrogens (tertiary/aromatic N) is 1. The van der Waals surface area contributed by atoms with E-state index in [0.717, 1.165) is 86.9 Å². The second kappa shape index (κ2) is 10.8. The molecular formula is C45H28NO2P. The summed E-state index contributed by atoms with van der Waals surface area (Å²) in [5, 5.41) is 12.2. The summed E-state index contributed by atoms with van der Waals surface area (Å²) >= 11 is 0. The maximum absolute atomic E-state index is 15.4. The van der Waals surface area contributed by atoms with Crippen LogP contribution in [0.1, 0.15) is 0 Å². The van der Waals surface area contributed by atoms with E-state index in [4.69, 9.17) is 9.40 Å². The molecule has 3 nitrogen and oxygen atoms in total. The minimum atomic E-state index is -3.21. The number of para-hydroxylation sites is 1. The second-order valence-corrected chi connectivity index (χ2v) is 15.4. The van der Waals surface area contributed by atoms with Crippen LogP contribution >= 0.6 is 7.14 Å². The van der Waals surface area contributed by atoms with Crippen molar-refractivity contribution >= 4 is 88.2 Å². The van der Waals surface area contributed by atoms with Crippen LogP contribution in [-0.2, 0) is 4.57 Å². The van der Waals surface area contributed by atoms with E-state index in [1.165, 1.54) is 5.39 Å². The Morgan fingerprint density at radius 1 is 0.449 bits per heavy atom. The highest BCUT2D eigenvalue weighted by molar-refractivity contribution is 7.85. The van der Waals surface area contributed by atoms with Crippen LogP contribution in [0, 0.1) is 0 Å². The highest BCUT2D eigenvalue weighted by atomic mass is 31.2.